The van der Waals surface area contributed by atoms with Crippen LogP contribution in [0.15, 0.2) is 60.7 Å². The van der Waals surface area contributed by atoms with E-state index in [-0.39, 0.29) is 11.6 Å². The summed E-state index contributed by atoms with van der Waals surface area (Å²) in [5.74, 6) is -0.581. The van der Waals surface area contributed by atoms with Crippen molar-refractivity contribution in [2.45, 2.75) is 13.8 Å². The molecule has 0 radical (unpaired) electrons. The topological polar surface area (TPSA) is 0 Å². The second-order valence-electron chi connectivity index (χ2n) is 5.52. The predicted octanol–water partition coefficient (Wildman–Crippen LogP) is 5.92. The molecule has 0 aliphatic heterocycles. The van der Waals surface area contributed by atoms with Crippen LogP contribution in [0.25, 0.3) is 22.3 Å². The molecule has 3 rings (SSSR count). The van der Waals surface area contributed by atoms with E-state index < -0.39 is 0 Å². The molecule has 3 aromatic carbocycles. The van der Waals surface area contributed by atoms with Crippen molar-refractivity contribution in [3.05, 3.63) is 83.4 Å². The van der Waals surface area contributed by atoms with Crippen LogP contribution in [0.3, 0.4) is 0 Å². The van der Waals surface area contributed by atoms with E-state index in [0.717, 1.165) is 11.1 Å². The summed E-state index contributed by atoms with van der Waals surface area (Å²) in [5, 5.41) is 0. The van der Waals surface area contributed by atoms with E-state index in [1.807, 2.05) is 37.3 Å². The Morgan fingerprint density at radius 3 is 1.73 bits per heavy atom. The maximum Gasteiger partial charge on any atom is 0.131 e. The summed E-state index contributed by atoms with van der Waals surface area (Å²) in [4.78, 5) is 0. The Morgan fingerprint density at radius 2 is 1.14 bits per heavy atom. The molecule has 110 valence electrons. The van der Waals surface area contributed by atoms with Crippen molar-refractivity contribution in [3.63, 3.8) is 0 Å². The summed E-state index contributed by atoms with van der Waals surface area (Å²) < 4.78 is 28.1. The Bertz CT molecular complexity index is 818. The minimum Gasteiger partial charge on any atom is -0.207 e. The van der Waals surface area contributed by atoms with Gasteiger partial charge in [0, 0.05) is 5.56 Å². The van der Waals surface area contributed by atoms with E-state index in [2.05, 4.69) is 0 Å². The highest BCUT2D eigenvalue weighted by Crippen LogP contribution is 2.29. The number of benzene rings is 3. The smallest absolute Gasteiger partial charge is 0.131 e. The normalized spacial score (nSPS) is 10.7. The molecule has 0 atom stereocenters. The molecule has 0 bridgehead atoms. The molecule has 0 heterocycles. The second-order valence-corrected chi connectivity index (χ2v) is 5.52. The molecule has 0 saturated heterocycles. The molecule has 0 unspecified atom stereocenters. The summed E-state index contributed by atoms with van der Waals surface area (Å²) in [6, 6.07) is 17.7. The SMILES string of the molecule is Cc1ccc(-c2ccc(-c3ccc(C)c(F)c3)cc2F)cc1. The summed E-state index contributed by atoms with van der Waals surface area (Å²) >= 11 is 0. The van der Waals surface area contributed by atoms with E-state index in [9.17, 15) is 8.78 Å². The standard InChI is InChI=1S/C20H16F2/c1-13-3-6-15(7-4-13)18-10-9-17(12-20(18)22)16-8-5-14(2)19(21)11-16/h3-12H,1-2H3. The van der Waals surface area contributed by atoms with E-state index >= 15 is 0 Å². The Hall–Kier alpha value is -2.48. The molecule has 0 amide bonds. The monoisotopic (exact) mass is 294 g/mol. The summed E-state index contributed by atoms with van der Waals surface area (Å²) in [7, 11) is 0. The van der Waals surface area contributed by atoms with Crippen molar-refractivity contribution >= 4 is 0 Å². The first kappa shape index (κ1) is 14.5. The average Bonchev–Trinajstić information content (AvgIpc) is 2.51. The number of aryl methyl sites for hydroxylation is 2. The van der Waals surface area contributed by atoms with Crippen LogP contribution in [0, 0.1) is 25.5 Å². The first-order chi connectivity index (χ1) is 10.5. The summed E-state index contributed by atoms with van der Waals surface area (Å²) in [6.45, 7) is 3.70. The lowest BCUT2D eigenvalue weighted by Crippen LogP contribution is -1.88. The molecule has 0 fully saturated rings. The zero-order valence-electron chi connectivity index (χ0n) is 12.5. The minimum atomic E-state index is -0.303. The lowest BCUT2D eigenvalue weighted by atomic mass is 9.98. The van der Waals surface area contributed by atoms with E-state index in [1.165, 1.54) is 12.1 Å². The Balaban J connectivity index is 2.01. The summed E-state index contributed by atoms with van der Waals surface area (Å²) in [6.07, 6.45) is 0. The van der Waals surface area contributed by atoms with E-state index in [4.69, 9.17) is 0 Å². The number of hydrogen-bond acceptors (Lipinski definition) is 0. The second kappa shape index (κ2) is 5.72. The highest BCUT2D eigenvalue weighted by Gasteiger charge is 2.08. The quantitative estimate of drug-likeness (QED) is 0.550. The zero-order valence-corrected chi connectivity index (χ0v) is 12.5. The molecule has 22 heavy (non-hydrogen) atoms. The van der Waals surface area contributed by atoms with Crippen molar-refractivity contribution in [2.24, 2.45) is 0 Å². The minimum absolute atomic E-state index is 0.277. The number of halogens is 2. The predicted molar refractivity (Wildman–Crippen MR) is 86.7 cm³/mol. The Morgan fingerprint density at radius 1 is 0.591 bits per heavy atom. The van der Waals surface area contributed by atoms with Crippen molar-refractivity contribution in [1.82, 2.24) is 0 Å². The lowest BCUT2D eigenvalue weighted by molar-refractivity contribution is 0.618. The van der Waals surface area contributed by atoms with Crippen LogP contribution in [-0.4, -0.2) is 0 Å². The van der Waals surface area contributed by atoms with Crippen LogP contribution in [0.5, 0.6) is 0 Å². The third kappa shape index (κ3) is 2.77. The maximum absolute atomic E-state index is 14.4. The van der Waals surface area contributed by atoms with Gasteiger partial charge in [-0.15, -0.1) is 0 Å². The van der Waals surface area contributed by atoms with Crippen molar-refractivity contribution in [1.29, 1.82) is 0 Å². The molecule has 0 N–H and O–H groups in total. The fourth-order valence-corrected chi connectivity index (χ4v) is 2.43. The van der Waals surface area contributed by atoms with Gasteiger partial charge in [0.25, 0.3) is 0 Å². The van der Waals surface area contributed by atoms with Crippen LogP contribution >= 0.6 is 0 Å². The first-order valence-electron chi connectivity index (χ1n) is 7.18. The van der Waals surface area contributed by atoms with Crippen LogP contribution in [-0.2, 0) is 0 Å². The highest BCUT2D eigenvalue weighted by atomic mass is 19.1. The molecule has 3 aromatic rings. The van der Waals surface area contributed by atoms with Gasteiger partial charge in [0.2, 0.25) is 0 Å². The van der Waals surface area contributed by atoms with Crippen LogP contribution in [0.2, 0.25) is 0 Å². The molecule has 0 aliphatic carbocycles. The lowest BCUT2D eigenvalue weighted by Gasteiger charge is -2.08. The van der Waals surface area contributed by atoms with Gasteiger partial charge in [-0.2, -0.15) is 0 Å². The largest absolute Gasteiger partial charge is 0.207 e. The molecule has 2 heteroatoms. The van der Waals surface area contributed by atoms with Gasteiger partial charge in [-0.1, -0.05) is 54.1 Å². The van der Waals surface area contributed by atoms with Gasteiger partial charge < -0.3 is 0 Å². The molecule has 0 nitrogen and oxygen atoms in total. The molecule has 0 aromatic heterocycles. The Labute approximate surface area is 129 Å². The van der Waals surface area contributed by atoms with Crippen LogP contribution in [0.1, 0.15) is 11.1 Å². The van der Waals surface area contributed by atoms with Crippen molar-refractivity contribution < 1.29 is 8.78 Å². The molecular formula is C20H16F2. The van der Waals surface area contributed by atoms with Gasteiger partial charge in [0.15, 0.2) is 0 Å². The van der Waals surface area contributed by atoms with Crippen LogP contribution < -0.4 is 0 Å². The fraction of sp³-hybridized carbons (Fsp3) is 0.100. The number of rotatable bonds is 2. The van der Waals surface area contributed by atoms with Gasteiger partial charge >= 0.3 is 0 Å². The third-order valence-corrected chi connectivity index (χ3v) is 3.84. The third-order valence-electron chi connectivity index (χ3n) is 3.84. The first-order valence-corrected chi connectivity index (χ1v) is 7.18. The number of hydrogen-bond donors (Lipinski definition) is 0. The maximum atomic E-state index is 14.4. The van der Waals surface area contributed by atoms with Gasteiger partial charge in [-0.3, -0.25) is 0 Å². The summed E-state index contributed by atoms with van der Waals surface area (Å²) in [5.41, 5.74) is 4.46. The van der Waals surface area contributed by atoms with Crippen molar-refractivity contribution in [2.75, 3.05) is 0 Å². The van der Waals surface area contributed by atoms with Crippen molar-refractivity contribution in [3.8, 4) is 22.3 Å². The zero-order chi connectivity index (χ0) is 15.7. The van der Waals surface area contributed by atoms with Gasteiger partial charge in [0.05, 0.1) is 0 Å². The average molecular weight is 294 g/mol. The molecule has 0 aliphatic rings. The Kier molecular flexibility index (Phi) is 3.76. The molecular weight excluding hydrogens is 278 g/mol. The van der Waals surface area contributed by atoms with Crippen LogP contribution in [0.4, 0.5) is 8.78 Å². The fourth-order valence-electron chi connectivity index (χ4n) is 2.43. The van der Waals surface area contributed by atoms with Gasteiger partial charge in [-0.25, -0.2) is 8.78 Å². The molecule has 0 spiro atoms. The van der Waals surface area contributed by atoms with E-state index in [0.29, 0.717) is 22.3 Å². The molecule has 0 saturated carbocycles. The van der Waals surface area contributed by atoms with Gasteiger partial charge in [-0.05, 0) is 48.2 Å². The van der Waals surface area contributed by atoms with E-state index in [1.54, 1.807) is 25.1 Å². The highest BCUT2D eigenvalue weighted by molar-refractivity contribution is 5.71. The van der Waals surface area contributed by atoms with Gasteiger partial charge in [0.1, 0.15) is 11.6 Å².